The predicted octanol–water partition coefficient (Wildman–Crippen LogP) is 5.08. The van der Waals surface area contributed by atoms with E-state index in [0.717, 1.165) is 17.3 Å². The zero-order valence-corrected chi connectivity index (χ0v) is 19.8. The van der Waals surface area contributed by atoms with Crippen LogP contribution >= 0.6 is 23.4 Å². The first-order chi connectivity index (χ1) is 16.0. The van der Waals surface area contributed by atoms with Crippen molar-refractivity contribution >= 4 is 35.3 Å². The summed E-state index contributed by atoms with van der Waals surface area (Å²) in [7, 11) is 0. The summed E-state index contributed by atoms with van der Waals surface area (Å²) in [5, 5.41) is 14.1. The van der Waals surface area contributed by atoms with E-state index in [1.165, 1.54) is 0 Å². The van der Waals surface area contributed by atoms with Crippen molar-refractivity contribution in [1.82, 2.24) is 5.32 Å². The molecule has 1 N–H and O–H groups in total. The molecule has 0 fully saturated rings. The van der Waals surface area contributed by atoms with Crippen LogP contribution in [0.5, 0.6) is 0 Å². The number of esters is 2. The summed E-state index contributed by atoms with van der Waals surface area (Å²) in [5.41, 5.74) is 2.58. The number of hydrogen-bond donors (Lipinski definition) is 1. The normalized spacial score (nSPS) is 15.5. The fourth-order valence-corrected chi connectivity index (χ4v) is 4.59. The summed E-state index contributed by atoms with van der Waals surface area (Å²) in [6, 6.07) is 18.6. The number of carbonyl (C=O) groups excluding carboxylic acids is 2. The van der Waals surface area contributed by atoms with Gasteiger partial charge in [-0.05, 0) is 31.0 Å². The van der Waals surface area contributed by atoms with E-state index in [9.17, 15) is 14.9 Å². The lowest BCUT2D eigenvalue weighted by molar-refractivity contribution is -0.141. The molecule has 3 rings (SSSR count). The summed E-state index contributed by atoms with van der Waals surface area (Å²) in [6.45, 7) is 3.84. The zero-order valence-electron chi connectivity index (χ0n) is 18.3. The van der Waals surface area contributed by atoms with Gasteiger partial charge in [0.15, 0.2) is 0 Å². The van der Waals surface area contributed by atoms with Crippen molar-refractivity contribution < 1.29 is 19.1 Å². The molecule has 0 radical (unpaired) electrons. The Balaban J connectivity index is 1.97. The number of benzene rings is 2. The van der Waals surface area contributed by atoms with Gasteiger partial charge in [0.1, 0.15) is 6.61 Å². The number of allylic oxidation sites excluding steroid dienone is 2. The summed E-state index contributed by atoms with van der Waals surface area (Å²) >= 11 is 7.63. The molecule has 0 amide bonds. The number of dihydropyridines is 1. The molecule has 0 saturated carbocycles. The standard InChI is InChI=1S/C25H23ClN2O4S/c1-3-31-21(29)15-33-24-19(13-27)23(18-11-7-8-12-20(18)26)22(16(2)28-24)25(30)32-14-17-9-5-4-6-10-17/h4-12,23,28H,3,14-15H2,1-2H3/t23-/m0/s1. The predicted molar refractivity (Wildman–Crippen MR) is 128 cm³/mol. The molecule has 33 heavy (non-hydrogen) atoms. The summed E-state index contributed by atoms with van der Waals surface area (Å²) in [5.74, 6) is -1.65. The lowest BCUT2D eigenvalue weighted by Gasteiger charge is -2.29. The van der Waals surface area contributed by atoms with Gasteiger partial charge in [-0.3, -0.25) is 4.79 Å². The van der Waals surface area contributed by atoms with Gasteiger partial charge in [-0.2, -0.15) is 5.26 Å². The van der Waals surface area contributed by atoms with Gasteiger partial charge < -0.3 is 14.8 Å². The topological polar surface area (TPSA) is 88.4 Å². The maximum Gasteiger partial charge on any atom is 0.337 e. The smallest absolute Gasteiger partial charge is 0.337 e. The molecule has 8 heteroatoms. The molecule has 1 heterocycles. The molecular weight excluding hydrogens is 460 g/mol. The van der Waals surface area contributed by atoms with Gasteiger partial charge in [0.2, 0.25) is 0 Å². The zero-order chi connectivity index (χ0) is 23.8. The van der Waals surface area contributed by atoms with Crippen LogP contribution in [0.4, 0.5) is 0 Å². The van der Waals surface area contributed by atoms with Crippen LogP contribution in [0.25, 0.3) is 0 Å². The molecule has 1 aliphatic rings. The fraction of sp³-hybridized carbons (Fsp3) is 0.240. The van der Waals surface area contributed by atoms with Crippen LogP contribution < -0.4 is 5.32 Å². The van der Waals surface area contributed by atoms with Gasteiger partial charge in [-0.1, -0.05) is 71.9 Å². The molecule has 6 nitrogen and oxygen atoms in total. The van der Waals surface area contributed by atoms with Gasteiger partial charge in [0.25, 0.3) is 0 Å². The maximum atomic E-state index is 13.2. The number of carbonyl (C=O) groups is 2. The Kier molecular flexibility index (Phi) is 8.58. The third kappa shape index (κ3) is 5.98. The van der Waals surface area contributed by atoms with Crippen molar-refractivity contribution in [2.24, 2.45) is 0 Å². The second-order valence-corrected chi connectivity index (χ2v) is 8.52. The third-order valence-electron chi connectivity index (χ3n) is 4.94. The number of thioether (sulfide) groups is 1. The van der Waals surface area contributed by atoms with Gasteiger partial charge in [0.05, 0.1) is 40.5 Å². The van der Waals surface area contributed by atoms with Crippen LogP contribution in [0.2, 0.25) is 5.02 Å². The fourth-order valence-electron chi connectivity index (χ4n) is 3.45. The van der Waals surface area contributed by atoms with Crippen molar-refractivity contribution in [2.45, 2.75) is 26.4 Å². The van der Waals surface area contributed by atoms with E-state index in [1.807, 2.05) is 30.3 Å². The van der Waals surface area contributed by atoms with Crippen molar-refractivity contribution in [3.05, 3.63) is 92.6 Å². The number of ether oxygens (including phenoxy) is 2. The van der Waals surface area contributed by atoms with E-state index in [-0.39, 0.29) is 24.5 Å². The minimum absolute atomic E-state index is 0.0255. The Morgan fingerprint density at radius 2 is 1.82 bits per heavy atom. The summed E-state index contributed by atoms with van der Waals surface area (Å²) in [4.78, 5) is 25.1. The molecule has 170 valence electrons. The van der Waals surface area contributed by atoms with Gasteiger partial charge in [-0.25, -0.2) is 4.79 Å². The van der Waals surface area contributed by atoms with E-state index >= 15 is 0 Å². The summed E-state index contributed by atoms with van der Waals surface area (Å²) < 4.78 is 10.6. The Morgan fingerprint density at radius 1 is 1.12 bits per heavy atom. The minimum atomic E-state index is -0.738. The molecule has 2 aromatic carbocycles. The molecular formula is C25H23ClN2O4S. The number of nitrogens with one attached hydrogen (secondary N) is 1. The highest BCUT2D eigenvalue weighted by Gasteiger charge is 2.36. The molecule has 0 unspecified atom stereocenters. The molecule has 0 aliphatic carbocycles. The second-order valence-electron chi connectivity index (χ2n) is 7.13. The number of halogens is 1. The average Bonchev–Trinajstić information content (AvgIpc) is 2.82. The van der Waals surface area contributed by atoms with Crippen LogP contribution in [0.15, 0.2) is 76.5 Å². The number of nitriles is 1. The lowest BCUT2D eigenvalue weighted by atomic mass is 9.82. The van der Waals surface area contributed by atoms with Gasteiger partial charge >= 0.3 is 11.9 Å². The highest BCUT2D eigenvalue weighted by atomic mass is 35.5. The Morgan fingerprint density at radius 3 is 2.48 bits per heavy atom. The van der Waals surface area contributed by atoms with Crippen LogP contribution in [0.1, 0.15) is 30.9 Å². The molecule has 0 aromatic heterocycles. The number of nitrogens with zero attached hydrogens (tertiary/aromatic N) is 1. The molecule has 2 aromatic rings. The SMILES string of the molecule is CCOC(=O)CSC1=C(C#N)[C@H](c2ccccc2Cl)C(C(=O)OCc2ccccc2)=C(C)N1. The largest absolute Gasteiger partial charge is 0.465 e. The highest BCUT2D eigenvalue weighted by molar-refractivity contribution is 8.03. The number of hydrogen-bond acceptors (Lipinski definition) is 7. The van der Waals surface area contributed by atoms with E-state index in [1.54, 1.807) is 38.1 Å². The first kappa shape index (κ1) is 24.4. The van der Waals surface area contributed by atoms with Crippen molar-refractivity contribution in [1.29, 1.82) is 5.26 Å². The molecule has 0 saturated heterocycles. The van der Waals surface area contributed by atoms with E-state index < -0.39 is 17.9 Å². The van der Waals surface area contributed by atoms with Crippen LogP contribution in [-0.4, -0.2) is 24.3 Å². The lowest BCUT2D eigenvalue weighted by Crippen LogP contribution is -2.29. The first-order valence-corrected chi connectivity index (χ1v) is 11.7. The first-order valence-electron chi connectivity index (χ1n) is 10.3. The van der Waals surface area contributed by atoms with Crippen LogP contribution in [0, 0.1) is 11.3 Å². The quantitative estimate of drug-likeness (QED) is 0.525. The number of rotatable bonds is 8. The van der Waals surface area contributed by atoms with Crippen LogP contribution in [-0.2, 0) is 25.7 Å². The van der Waals surface area contributed by atoms with E-state index in [4.69, 9.17) is 21.1 Å². The Hall–Kier alpha value is -3.21. The molecule has 0 bridgehead atoms. The molecule has 0 spiro atoms. The van der Waals surface area contributed by atoms with Gasteiger partial charge in [0, 0.05) is 10.7 Å². The maximum absolute atomic E-state index is 13.2. The third-order valence-corrected chi connectivity index (χ3v) is 6.27. The summed E-state index contributed by atoms with van der Waals surface area (Å²) in [6.07, 6.45) is 0. The Labute approximate surface area is 202 Å². The van der Waals surface area contributed by atoms with Crippen molar-refractivity contribution in [3.63, 3.8) is 0 Å². The highest BCUT2D eigenvalue weighted by Crippen LogP contribution is 2.43. The van der Waals surface area contributed by atoms with E-state index in [2.05, 4.69) is 11.4 Å². The molecule has 1 aliphatic heterocycles. The molecule has 1 atom stereocenters. The minimum Gasteiger partial charge on any atom is -0.465 e. The van der Waals surface area contributed by atoms with Crippen molar-refractivity contribution in [2.75, 3.05) is 12.4 Å². The van der Waals surface area contributed by atoms with Crippen molar-refractivity contribution in [3.8, 4) is 6.07 Å². The Bertz CT molecular complexity index is 1140. The van der Waals surface area contributed by atoms with Crippen LogP contribution in [0.3, 0.4) is 0 Å². The van der Waals surface area contributed by atoms with E-state index in [0.29, 0.717) is 26.9 Å². The second kappa shape index (κ2) is 11.6. The average molecular weight is 483 g/mol. The van der Waals surface area contributed by atoms with Gasteiger partial charge in [-0.15, -0.1) is 0 Å². The monoisotopic (exact) mass is 482 g/mol.